The Morgan fingerprint density at radius 2 is 2.16 bits per heavy atom. The zero-order chi connectivity index (χ0) is 13.9. The highest BCUT2D eigenvalue weighted by molar-refractivity contribution is 5.66. The first kappa shape index (κ1) is 14.4. The third-order valence-electron chi connectivity index (χ3n) is 4.57. The highest BCUT2D eigenvalue weighted by atomic mass is 16.5. The summed E-state index contributed by atoms with van der Waals surface area (Å²) in [7, 11) is 0. The van der Waals surface area contributed by atoms with Crippen molar-refractivity contribution in [1.29, 1.82) is 0 Å². The van der Waals surface area contributed by atoms with Crippen molar-refractivity contribution >= 4 is 5.97 Å². The van der Waals surface area contributed by atoms with Gasteiger partial charge in [0.05, 0.1) is 0 Å². The summed E-state index contributed by atoms with van der Waals surface area (Å²) < 4.78 is 5.58. The van der Waals surface area contributed by atoms with Crippen LogP contribution >= 0.6 is 0 Å². The first-order valence-corrected chi connectivity index (χ1v) is 7.50. The van der Waals surface area contributed by atoms with E-state index in [1.54, 1.807) is 0 Å². The molecule has 19 heavy (non-hydrogen) atoms. The smallest absolute Gasteiger partial charge is 0.302 e. The summed E-state index contributed by atoms with van der Waals surface area (Å²) in [6.07, 6.45) is 14.6. The lowest BCUT2D eigenvalue weighted by Crippen LogP contribution is -2.35. The van der Waals surface area contributed by atoms with Gasteiger partial charge in [0.25, 0.3) is 0 Å². The number of ether oxygens (including phenoxy) is 1. The molecule has 0 aliphatic heterocycles. The van der Waals surface area contributed by atoms with Gasteiger partial charge in [-0.3, -0.25) is 4.79 Å². The first-order valence-electron chi connectivity index (χ1n) is 7.50. The molecule has 4 atom stereocenters. The van der Waals surface area contributed by atoms with E-state index in [1.165, 1.54) is 19.8 Å². The molecular formula is C17H26O2. The number of hydrogen-bond donors (Lipinski definition) is 0. The number of carbonyl (C=O) groups excluding carboxylic acids is 1. The quantitative estimate of drug-likeness (QED) is 0.710. The van der Waals surface area contributed by atoms with Crippen LogP contribution in [0.5, 0.6) is 0 Å². The minimum atomic E-state index is -0.131. The van der Waals surface area contributed by atoms with Crippen LogP contribution in [0.15, 0.2) is 24.3 Å². The van der Waals surface area contributed by atoms with Crippen molar-refractivity contribution in [3.63, 3.8) is 0 Å². The molecule has 0 saturated heterocycles. The zero-order valence-electron chi connectivity index (χ0n) is 12.4. The van der Waals surface area contributed by atoms with Gasteiger partial charge in [0, 0.05) is 6.92 Å². The van der Waals surface area contributed by atoms with Crippen molar-refractivity contribution in [3.8, 4) is 0 Å². The molecule has 1 saturated carbocycles. The Balaban J connectivity index is 2.01. The van der Waals surface area contributed by atoms with E-state index in [9.17, 15) is 4.79 Å². The molecule has 0 heterocycles. The second-order valence-electron chi connectivity index (χ2n) is 6.68. The molecule has 4 unspecified atom stereocenters. The second kappa shape index (κ2) is 5.94. The van der Waals surface area contributed by atoms with Crippen LogP contribution in [-0.2, 0) is 9.53 Å². The molecule has 0 N–H and O–H groups in total. The number of hydrogen-bond acceptors (Lipinski definition) is 2. The monoisotopic (exact) mass is 262 g/mol. The predicted octanol–water partition coefficient (Wildman–Crippen LogP) is 4.27. The molecule has 0 aromatic rings. The van der Waals surface area contributed by atoms with E-state index in [-0.39, 0.29) is 17.5 Å². The fourth-order valence-electron chi connectivity index (χ4n) is 3.50. The topological polar surface area (TPSA) is 26.3 Å². The molecule has 1 fully saturated rings. The Kier molecular flexibility index (Phi) is 4.49. The normalized spacial score (nSPS) is 38.2. The van der Waals surface area contributed by atoms with E-state index >= 15 is 0 Å². The van der Waals surface area contributed by atoms with Gasteiger partial charge in [-0.05, 0) is 42.9 Å². The van der Waals surface area contributed by atoms with E-state index in [0.717, 1.165) is 19.3 Å². The highest BCUT2D eigenvalue weighted by Crippen LogP contribution is 2.41. The van der Waals surface area contributed by atoms with Gasteiger partial charge in [0.15, 0.2) is 0 Å². The van der Waals surface area contributed by atoms with Crippen LogP contribution in [0.3, 0.4) is 0 Å². The van der Waals surface area contributed by atoms with Crippen LogP contribution in [0.2, 0.25) is 0 Å². The number of carbonyl (C=O) groups is 1. The number of esters is 1. The van der Waals surface area contributed by atoms with Crippen molar-refractivity contribution in [2.75, 3.05) is 0 Å². The van der Waals surface area contributed by atoms with Gasteiger partial charge in [0.2, 0.25) is 0 Å². The van der Waals surface area contributed by atoms with Crippen LogP contribution < -0.4 is 0 Å². The minimum absolute atomic E-state index is 0.123. The van der Waals surface area contributed by atoms with Crippen molar-refractivity contribution in [2.45, 2.75) is 59.0 Å². The van der Waals surface area contributed by atoms with Crippen LogP contribution in [0.25, 0.3) is 0 Å². The maximum Gasteiger partial charge on any atom is 0.302 e. The molecule has 2 rings (SSSR count). The van der Waals surface area contributed by atoms with Crippen LogP contribution in [0.4, 0.5) is 0 Å². The first-order chi connectivity index (χ1) is 8.98. The summed E-state index contributed by atoms with van der Waals surface area (Å²) in [4.78, 5) is 11.3. The van der Waals surface area contributed by atoms with Gasteiger partial charge in [-0.25, -0.2) is 0 Å². The summed E-state index contributed by atoms with van der Waals surface area (Å²) in [6, 6.07) is 0. The van der Waals surface area contributed by atoms with Crippen LogP contribution in [0, 0.1) is 17.3 Å². The lowest BCUT2D eigenvalue weighted by Gasteiger charge is -2.39. The van der Waals surface area contributed by atoms with Gasteiger partial charge >= 0.3 is 5.97 Å². The van der Waals surface area contributed by atoms with E-state index in [2.05, 4.69) is 38.2 Å². The van der Waals surface area contributed by atoms with Gasteiger partial charge in [-0.2, -0.15) is 0 Å². The Labute approximate surface area is 116 Å². The fraction of sp³-hybridized carbons (Fsp3) is 0.706. The Hall–Kier alpha value is -1.05. The summed E-state index contributed by atoms with van der Waals surface area (Å²) in [5.41, 5.74) is 0.235. The third-order valence-corrected chi connectivity index (χ3v) is 4.57. The average Bonchev–Trinajstić information content (AvgIpc) is 2.33. The molecule has 2 aliphatic carbocycles. The van der Waals surface area contributed by atoms with E-state index < -0.39 is 0 Å². The molecule has 2 nitrogen and oxygen atoms in total. The van der Waals surface area contributed by atoms with E-state index in [0.29, 0.717) is 11.8 Å². The van der Waals surface area contributed by atoms with Gasteiger partial charge < -0.3 is 4.74 Å². The highest BCUT2D eigenvalue weighted by Gasteiger charge is 2.35. The lowest BCUT2D eigenvalue weighted by atomic mass is 9.70. The fourth-order valence-corrected chi connectivity index (χ4v) is 3.50. The number of allylic oxidation sites excluding steroid dienone is 4. The molecule has 106 valence electrons. The SMILES string of the molecule is CC(=O)OC1CC(C)CCC1CC1(C)C=CC=CC1. The molecule has 2 heteroatoms. The summed E-state index contributed by atoms with van der Waals surface area (Å²) in [5.74, 6) is 1.06. The summed E-state index contributed by atoms with van der Waals surface area (Å²) in [5, 5.41) is 0. The molecule has 0 spiro atoms. The molecule has 0 aromatic heterocycles. The average molecular weight is 262 g/mol. The Bertz CT molecular complexity index is 383. The van der Waals surface area contributed by atoms with Crippen molar-refractivity contribution < 1.29 is 9.53 Å². The molecule has 0 amide bonds. The van der Waals surface area contributed by atoms with Crippen molar-refractivity contribution in [1.82, 2.24) is 0 Å². The maximum atomic E-state index is 11.3. The molecule has 0 aromatic carbocycles. The zero-order valence-corrected chi connectivity index (χ0v) is 12.4. The molecule has 0 bridgehead atoms. The molecular weight excluding hydrogens is 236 g/mol. The van der Waals surface area contributed by atoms with Crippen molar-refractivity contribution in [2.24, 2.45) is 17.3 Å². The number of rotatable bonds is 3. The molecule has 0 radical (unpaired) electrons. The largest absolute Gasteiger partial charge is 0.462 e. The van der Waals surface area contributed by atoms with Gasteiger partial charge in [-0.15, -0.1) is 0 Å². The van der Waals surface area contributed by atoms with E-state index in [4.69, 9.17) is 4.74 Å². The van der Waals surface area contributed by atoms with Crippen LogP contribution in [0.1, 0.15) is 52.9 Å². The molecule has 2 aliphatic rings. The Morgan fingerprint density at radius 3 is 2.79 bits per heavy atom. The maximum absolute atomic E-state index is 11.3. The van der Waals surface area contributed by atoms with E-state index in [1.807, 2.05) is 0 Å². The summed E-state index contributed by atoms with van der Waals surface area (Å²) in [6.45, 7) is 6.11. The predicted molar refractivity (Wildman–Crippen MR) is 77.7 cm³/mol. The van der Waals surface area contributed by atoms with Crippen LogP contribution in [-0.4, -0.2) is 12.1 Å². The third kappa shape index (κ3) is 3.95. The standard InChI is InChI=1S/C17H26O2/c1-13-7-8-15(16(11-13)19-14(2)18)12-17(3)9-5-4-6-10-17/h4-6,9,13,15-16H,7-8,10-12H2,1-3H3. The van der Waals surface area contributed by atoms with Crippen molar-refractivity contribution in [3.05, 3.63) is 24.3 Å². The Morgan fingerprint density at radius 1 is 1.37 bits per heavy atom. The van der Waals surface area contributed by atoms with Gasteiger partial charge in [0.1, 0.15) is 6.10 Å². The van der Waals surface area contributed by atoms with Gasteiger partial charge in [-0.1, -0.05) is 44.6 Å². The minimum Gasteiger partial charge on any atom is -0.462 e. The lowest BCUT2D eigenvalue weighted by molar-refractivity contribution is -0.152. The second-order valence-corrected chi connectivity index (χ2v) is 6.68. The summed E-state index contributed by atoms with van der Waals surface area (Å²) >= 11 is 0.